The Kier molecular flexibility index (Phi) is 5.16. The first-order chi connectivity index (χ1) is 9.66. The second kappa shape index (κ2) is 7.08. The van der Waals surface area contributed by atoms with E-state index in [1.807, 2.05) is 62.4 Å². The quantitative estimate of drug-likeness (QED) is 0.645. The third-order valence-corrected chi connectivity index (χ3v) is 3.07. The second-order valence-corrected chi connectivity index (χ2v) is 4.93. The summed E-state index contributed by atoms with van der Waals surface area (Å²) in [5.41, 5.74) is 9.22. The van der Waals surface area contributed by atoms with Crippen molar-refractivity contribution in [2.45, 2.75) is 26.5 Å². The van der Waals surface area contributed by atoms with Gasteiger partial charge in [0.05, 0.1) is 6.61 Å². The van der Waals surface area contributed by atoms with Gasteiger partial charge in [0.1, 0.15) is 5.75 Å². The van der Waals surface area contributed by atoms with Crippen molar-refractivity contribution >= 4 is 0 Å². The summed E-state index contributed by atoms with van der Waals surface area (Å²) < 4.78 is 11.2. The second-order valence-electron chi connectivity index (χ2n) is 4.93. The van der Waals surface area contributed by atoms with Gasteiger partial charge in [0.25, 0.3) is 0 Å². The van der Waals surface area contributed by atoms with Crippen LogP contribution in [0.15, 0.2) is 48.5 Å². The third kappa shape index (κ3) is 4.08. The van der Waals surface area contributed by atoms with Crippen LogP contribution in [0.25, 0.3) is 0 Å². The molecule has 0 heterocycles. The van der Waals surface area contributed by atoms with Crippen LogP contribution >= 0.6 is 0 Å². The zero-order valence-corrected chi connectivity index (χ0v) is 12.0. The zero-order valence-electron chi connectivity index (χ0n) is 12.0. The Morgan fingerprint density at radius 3 is 2.55 bits per heavy atom. The molecule has 2 aromatic carbocycles. The Morgan fingerprint density at radius 1 is 1.10 bits per heavy atom. The molecule has 20 heavy (non-hydrogen) atoms. The molecule has 3 heteroatoms. The highest BCUT2D eigenvalue weighted by atomic mass is 16.7. The van der Waals surface area contributed by atoms with Gasteiger partial charge in [0.2, 0.25) is 0 Å². The maximum atomic E-state index is 5.94. The minimum Gasteiger partial charge on any atom is -0.467 e. The van der Waals surface area contributed by atoms with Crippen molar-refractivity contribution in [3.05, 3.63) is 65.2 Å². The number of nitrogens with two attached hydrogens (primary N) is 1. The molecule has 2 aromatic rings. The summed E-state index contributed by atoms with van der Waals surface area (Å²) in [6.45, 7) is 4.74. The van der Waals surface area contributed by atoms with E-state index in [0.717, 1.165) is 22.4 Å². The van der Waals surface area contributed by atoms with Crippen molar-refractivity contribution in [3.8, 4) is 5.75 Å². The first-order valence-electron chi connectivity index (χ1n) is 6.77. The summed E-state index contributed by atoms with van der Waals surface area (Å²) in [6.07, 6.45) is 0. The zero-order chi connectivity index (χ0) is 14.4. The molecule has 3 nitrogen and oxygen atoms in total. The van der Waals surface area contributed by atoms with E-state index in [9.17, 15) is 0 Å². The summed E-state index contributed by atoms with van der Waals surface area (Å²) in [4.78, 5) is 0. The van der Waals surface area contributed by atoms with Crippen LogP contribution < -0.4 is 10.5 Å². The lowest BCUT2D eigenvalue weighted by atomic mass is 10.1. The standard InChI is InChI=1S/C17H21NO2/c1-13-8-9-16(14(2)18)17(10-13)20-12-19-11-15-6-4-3-5-7-15/h3-10,14H,11-12,18H2,1-2H3/t14-/m0/s1. The van der Waals surface area contributed by atoms with Crippen molar-refractivity contribution < 1.29 is 9.47 Å². The molecule has 1 atom stereocenters. The maximum Gasteiger partial charge on any atom is 0.189 e. The molecule has 0 radical (unpaired) electrons. The molecule has 0 aliphatic carbocycles. The highest BCUT2D eigenvalue weighted by molar-refractivity contribution is 5.38. The molecule has 0 unspecified atom stereocenters. The Hall–Kier alpha value is -1.84. The Labute approximate surface area is 120 Å². The lowest BCUT2D eigenvalue weighted by molar-refractivity contribution is 0.00438. The van der Waals surface area contributed by atoms with Crippen LogP contribution in [0.5, 0.6) is 5.75 Å². The summed E-state index contributed by atoms with van der Waals surface area (Å²) in [5, 5.41) is 0. The van der Waals surface area contributed by atoms with Gasteiger partial charge < -0.3 is 15.2 Å². The molecule has 0 saturated carbocycles. The Balaban J connectivity index is 1.89. The topological polar surface area (TPSA) is 44.5 Å². The van der Waals surface area contributed by atoms with Crippen molar-refractivity contribution in [2.75, 3.05) is 6.79 Å². The monoisotopic (exact) mass is 271 g/mol. The fraction of sp³-hybridized carbons (Fsp3) is 0.294. The molecule has 0 amide bonds. The highest BCUT2D eigenvalue weighted by Crippen LogP contribution is 2.25. The normalized spacial score (nSPS) is 12.2. The molecule has 0 saturated heterocycles. The predicted octanol–water partition coefficient (Wildman–Crippen LogP) is 3.57. The van der Waals surface area contributed by atoms with Gasteiger partial charge in [0, 0.05) is 11.6 Å². The molecular formula is C17H21NO2. The van der Waals surface area contributed by atoms with Gasteiger partial charge in [-0.15, -0.1) is 0 Å². The van der Waals surface area contributed by atoms with Crippen LogP contribution in [0.3, 0.4) is 0 Å². The average molecular weight is 271 g/mol. The molecule has 0 bridgehead atoms. The number of hydrogen-bond acceptors (Lipinski definition) is 3. The van der Waals surface area contributed by atoms with Crippen LogP contribution in [0.4, 0.5) is 0 Å². The van der Waals surface area contributed by atoms with Gasteiger partial charge in [-0.1, -0.05) is 42.5 Å². The summed E-state index contributed by atoms with van der Waals surface area (Å²) in [5.74, 6) is 0.799. The number of rotatable bonds is 6. The fourth-order valence-corrected chi connectivity index (χ4v) is 1.98. The molecule has 2 rings (SSSR count). The van der Waals surface area contributed by atoms with Crippen LogP contribution in [0, 0.1) is 6.92 Å². The third-order valence-electron chi connectivity index (χ3n) is 3.07. The van der Waals surface area contributed by atoms with Gasteiger partial charge in [-0.2, -0.15) is 0 Å². The fourth-order valence-electron chi connectivity index (χ4n) is 1.98. The molecule has 0 aliphatic heterocycles. The van der Waals surface area contributed by atoms with Gasteiger partial charge in [0.15, 0.2) is 6.79 Å². The predicted molar refractivity (Wildman–Crippen MR) is 80.5 cm³/mol. The minimum atomic E-state index is -0.0558. The largest absolute Gasteiger partial charge is 0.467 e. The van der Waals surface area contributed by atoms with E-state index in [1.54, 1.807) is 0 Å². The summed E-state index contributed by atoms with van der Waals surface area (Å²) >= 11 is 0. The SMILES string of the molecule is Cc1ccc([C@H](C)N)c(OCOCc2ccccc2)c1. The smallest absolute Gasteiger partial charge is 0.189 e. The molecule has 0 fully saturated rings. The van der Waals surface area contributed by atoms with Crippen molar-refractivity contribution in [3.63, 3.8) is 0 Å². The van der Waals surface area contributed by atoms with E-state index in [0.29, 0.717) is 6.61 Å². The Morgan fingerprint density at radius 2 is 1.85 bits per heavy atom. The van der Waals surface area contributed by atoms with E-state index < -0.39 is 0 Å². The molecule has 0 aliphatic rings. The number of hydrogen-bond donors (Lipinski definition) is 1. The van der Waals surface area contributed by atoms with E-state index >= 15 is 0 Å². The molecule has 0 aromatic heterocycles. The Bertz CT molecular complexity index is 538. The van der Waals surface area contributed by atoms with E-state index in [1.165, 1.54) is 0 Å². The van der Waals surface area contributed by atoms with Crippen molar-refractivity contribution in [1.82, 2.24) is 0 Å². The lowest BCUT2D eigenvalue weighted by Crippen LogP contribution is -2.10. The first-order valence-corrected chi connectivity index (χ1v) is 6.77. The number of benzene rings is 2. The molecule has 0 spiro atoms. The lowest BCUT2D eigenvalue weighted by Gasteiger charge is -2.15. The highest BCUT2D eigenvalue weighted by Gasteiger charge is 2.08. The summed E-state index contributed by atoms with van der Waals surface area (Å²) in [6, 6.07) is 16.0. The average Bonchev–Trinajstić information content (AvgIpc) is 2.44. The van der Waals surface area contributed by atoms with E-state index in [2.05, 4.69) is 0 Å². The van der Waals surface area contributed by atoms with Gasteiger partial charge >= 0.3 is 0 Å². The molecule has 106 valence electrons. The number of aryl methyl sites for hydroxylation is 1. The first kappa shape index (κ1) is 14.6. The van der Waals surface area contributed by atoms with Crippen LogP contribution in [-0.4, -0.2) is 6.79 Å². The van der Waals surface area contributed by atoms with Crippen LogP contribution in [0.2, 0.25) is 0 Å². The van der Waals surface area contributed by atoms with Gasteiger partial charge in [-0.3, -0.25) is 0 Å². The van der Waals surface area contributed by atoms with Crippen molar-refractivity contribution in [1.29, 1.82) is 0 Å². The molecule has 2 N–H and O–H groups in total. The molecular weight excluding hydrogens is 250 g/mol. The minimum absolute atomic E-state index is 0.0558. The van der Waals surface area contributed by atoms with Gasteiger partial charge in [-0.25, -0.2) is 0 Å². The van der Waals surface area contributed by atoms with E-state index in [-0.39, 0.29) is 12.8 Å². The van der Waals surface area contributed by atoms with Crippen LogP contribution in [0.1, 0.15) is 29.7 Å². The van der Waals surface area contributed by atoms with E-state index in [4.69, 9.17) is 15.2 Å². The van der Waals surface area contributed by atoms with Crippen LogP contribution in [-0.2, 0) is 11.3 Å². The van der Waals surface area contributed by atoms with Crippen molar-refractivity contribution in [2.24, 2.45) is 5.73 Å². The summed E-state index contributed by atoms with van der Waals surface area (Å²) in [7, 11) is 0. The van der Waals surface area contributed by atoms with Gasteiger partial charge in [-0.05, 0) is 31.0 Å². The maximum absolute atomic E-state index is 5.94. The number of ether oxygens (including phenoxy) is 2.